The van der Waals surface area contributed by atoms with Gasteiger partial charge in [0.1, 0.15) is 17.7 Å². The molecular formula is C14H19F2NO3. The molecule has 1 saturated heterocycles. The lowest BCUT2D eigenvalue weighted by Gasteiger charge is -2.42. The van der Waals surface area contributed by atoms with E-state index in [-0.39, 0.29) is 12.6 Å². The summed E-state index contributed by atoms with van der Waals surface area (Å²) in [5, 5.41) is 29.0. The smallest absolute Gasteiger partial charge is 0.129 e. The lowest BCUT2D eigenvalue weighted by atomic mass is 9.94. The third-order valence-corrected chi connectivity index (χ3v) is 3.92. The highest BCUT2D eigenvalue weighted by molar-refractivity contribution is 5.19. The van der Waals surface area contributed by atoms with Crippen LogP contribution in [0.4, 0.5) is 8.78 Å². The summed E-state index contributed by atoms with van der Waals surface area (Å²) in [6, 6.07) is 3.09. The Kier molecular flexibility index (Phi) is 4.70. The Balaban J connectivity index is 1.99. The average molecular weight is 287 g/mol. The van der Waals surface area contributed by atoms with Crippen LogP contribution in [0.2, 0.25) is 0 Å². The summed E-state index contributed by atoms with van der Waals surface area (Å²) >= 11 is 0. The summed E-state index contributed by atoms with van der Waals surface area (Å²) in [5.41, 5.74) is 0.383. The molecule has 3 N–H and O–H groups in total. The molecule has 4 nitrogen and oxygen atoms in total. The topological polar surface area (TPSA) is 63.9 Å². The van der Waals surface area contributed by atoms with Crippen molar-refractivity contribution in [2.45, 2.75) is 37.7 Å². The molecule has 4 atom stereocenters. The molecule has 0 spiro atoms. The van der Waals surface area contributed by atoms with Crippen LogP contribution in [0.5, 0.6) is 0 Å². The molecule has 0 aromatic heterocycles. The maximum Gasteiger partial charge on any atom is 0.129 e. The predicted octanol–water partition coefficient (Wildman–Crippen LogP) is 0.294. The van der Waals surface area contributed by atoms with E-state index in [4.69, 9.17) is 0 Å². The number of hydrogen-bond donors (Lipinski definition) is 3. The highest BCUT2D eigenvalue weighted by atomic mass is 19.1. The first kappa shape index (κ1) is 15.3. The number of halogens is 2. The average Bonchev–Trinajstić information content (AvgIpc) is 2.40. The van der Waals surface area contributed by atoms with Gasteiger partial charge in [-0.25, -0.2) is 8.78 Å². The molecule has 1 heterocycles. The molecule has 0 radical (unpaired) electrons. The van der Waals surface area contributed by atoms with Crippen molar-refractivity contribution in [2.75, 3.05) is 13.1 Å². The van der Waals surface area contributed by atoms with Crippen molar-refractivity contribution in [1.82, 2.24) is 4.90 Å². The van der Waals surface area contributed by atoms with Crippen molar-refractivity contribution in [3.8, 4) is 0 Å². The molecule has 1 aliphatic heterocycles. The van der Waals surface area contributed by atoms with Gasteiger partial charge in [0.15, 0.2) is 0 Å². The number of rotatable bonds is 3. The molecular weight excluding hydrogens is 268 g/mol. The van der Waals surface area contributed by atoms with E-state index >= 15 is 0 Å². The normalized spacial score (nSPS) is 31.5. The second-order valence-corrected chi connectivity index (χ2v) is 5.27. The Morgan fingerprint density at radius 3 is 2.55 bits per heavy atom. The SMILES string of the molecule is C[C@@H]1[C@@H](O)[C@H](O)[C@@H](O)CN1CCc1ccc(F)cc1F. The zero-order valence-corrected chi connectivity index (χ0v) is 11.2. The Hall–Kier alpha value is -1.08. The summed E-state index contributed by atoms with van der Waals surface area (Å²) in [4.78, 5) is 1.78. The third kappa shape index (κ3) is 3.15. The van der Waals surface area contributed by atoms with E-state index in [0.29, 0.717) is 18.5 Å². The third-order valence-electron chi connectivity index (χ3n) is 3.92. The van der Waals surface area contributed by atoms with Crippen LogP contribution in [-0.4, -0.2) is 57.7 Å². The zero-order chi connectivity index (χ0) is 14.9. The Morgan fingerprint density at radius 2 is 1.90 bits per heavy atom. The van der Waals surface area contributed by atoms with Crippen LogP contribution in [0.15, 0.2) is 18.2 Å². The van der Waals surface area contributed by atoms with E-state index in [1.54, 1.807) is 11.8 Å². The zero-order valence-electron chi connectivity index (χ0n) is 11.2. The Bertz CT molecular complexity index is 472. The lowest BCUT2D eigenvalue weighted by molar-refractivity contribution is -0.132. The second-order valence-electron chi connectivity index (χ2n) is 5.27. The summed E-state index contributed by atoms with van der Waals surface area (Å²) in [7, 11) is 0. The van der Waals surface area contributed by atoms with Crippen LogP contribution in [0.25, 0.3) is 0 Å². The molecule has 0 bridgehead atoms. The van der Waals surface area contributed by atoms with Crippen molar-refractivity contribution in [2.24, 2.45) is 0 Å². The minimum Gasteiger partial charge on any atom is -0.389 e. The number of hydrogen-bond acceptors (Lipinski definition) is 4. The number of aliphatic hydroxyl groups excluding tert-OH is 3. The summed E-state index contributed by atoms with van der Waals surface area (Å²) in [6.07, 6.45) is -2.90. The summed E-state index contributed by atoms with van der Waals surface area (Å²) < 4.78 is 26.3. The molecule has 1 fully saturated rings. The van der Waals surface area contributed by atoms with Gasteiger partial charge in [0.25, 0.3) is 0 Å². The highest BCUT2D eigenvalue weighted by Crippen LogP contribution is 2.19. The molecule has 1 aromatic carbocycles. The van der Waals surface area contributed by atoms with Crippen LogP contribution in [0, 0.1) is 11.6 Å². The van der Waals surface area contributed by atoms with Gasteiger partial charge in [0.05, 0.1) is 12.2 Å². The monoisotopic (exact) mass is 287 g/mol. The van der Waals surface area contributed by atoms with Gasteiger partial charge in [-0.3, -0.25) is 4.90 Å². The Morgan fingerprint density at radius 1 is 1.20 bits per heavy atom. The van der Waals surface area contributed by atoms with Crippen molar-refractivity contribution >= 4 is 0 Å². The number of benzene rings is 1. The quantitative estimate of drug-likeness (QED) is 0.748. The van der Waals surface area contributed by atoms with Crippen LogP contribution < -0.4 is 0 Å². The maximum atomic E-state index is 13.5. The van der Waals surface area contributed by atoms with Gasteiger partial charge >= 0.3 is 0 Å². The fourth-order valence-corrected chi connectivity index (χ4v) is 2.53. The minimum atomic E-state index is -1.16. The van der Waals surface area contributed by atoms with Gasteiger partial charge in [-0.05, 0) is 25.0 Å². The minimum absolute atomic E-state index is 0.211. The van der Waals surface area contributed by atoms with Gasteiger partial charge in [-0.15, -0.1) is 0 Å². The molecule has 112 valence electrons. The fraction of sp³-hybridized carbons (Fsp3) is 0.571. The standard InChI is InChI=1S/C14H19F2NO3/c1-8-13(19)14(20)12(18)7-17(8)5-4-9-2-3-10(15)6-11(9)16/h2-3,6,8,12-14,18-20H,4-5,7H2,1H3/t8-,12+,13-,14-/m1/s1. The van der Waals surface area contributed by atoms with Gasteiger partial charge in [-0.2, -0.15) is 0 Å². The number of aliphatic hydroxyl groups is 3. The Labute approximate surface area is 116 Å². The van der Waals surface area contributed by atoms with Gasteiger partial charge < -0.3 is 15.3 Å². The lowest BCUT2D eigenvalue weighted by Crippen LogP contribution is -2.60. The van der Waals surface area contributed by atoms with Gasteiger partial charge in [0, 0.05) is 25.2 Å². The van der Waals surface area contributed by atoms with E-state index in [1.165, 1.54) is 12.1 Å². The van der Waals surface area contributed by atoms with E-state index < -0.39 is 29.9 Å². The molecule has 1 aromatic rings. The van der Waals surface area contributed by atoms with Gasteiger partial charge in [-0.1, -0.05) is 6.07 Å². The molecule has 20 heavy (non-hydrogen) atoms. The maximum absolute atomic E-state index is 13.5. The highest BCUT2D eigenvalue weighted by Gasteiger charge is 2.38. The van der Waals surface area contributed by atoms with E-state index in [1.807, 2.05) is 0 Å². The predicted molar refractivity (Wildman–Crippen MR) is 69.1 cm³/mol. The molecule has 6 heteroatoms. The van der Waals surface area contributed by atoms with Crippen LogP contribution >= 0.6 is 0 Å². The van der Waals surface area contributed by atoms with Crippen molar-refractivity contribution in [3.05, 3.63) is 35.4 Å². The van der Waals surface area contributed by atoms with Crippen LogP contribution in [0.1, 0.15) is 12.5 Å². The first-order valence-corrected chi connectivity index (χ1v) is 6.62. The molecule has 1 aliphatic rings. The first-order chi connectivity index (χ1) is 9.40. The van der Waals surface area contributed by atoms with E-state index in [2.05, 4.69) is 0 Å². The van der Waals surface area contributed by atoms with E-state index in [9.17, 15) is 24.1 Å². The van der Waals surface area contributed by atoms with E-state index in [0.717, 1.165) is 6.07 Å². The number of nitrogens with zero attached hydrogens (tertiary/aromatic N) is 1. The van der Waals surface area contributed by atoms with Crippen LogP contribution in [0.3, 0.4) is 0 Å². The molecule has 0 unspecified atom stereocenters. The van der Waals surface area contributed by atoms with Crippen molar-refractivity contribution in [3.63, 3.8) is 0 Å². The van der Waals surface area contributed by atoms with Crippen LogP contribution in [-0.2, 0) is 6.42 Å². The first-order valence-electron chi connectivity index (χ1n) is 6.62. The number of likely N-dealkylation sites (tertiary alicyclic amines) is 1. The summed E-state index contributed by atoms with van der Waals surface area (Å²) in [5.74, 6) is -1.22. The summed E-state index contributed by atoms with van der Waals surface area (Å²) in [6.45, 7) is 2.35. The largest absolute Gasteiger partial charge is 0.389 e. The molecule has 0 aliphatic carbocycles. The fourth-order valence-electron chi connectivity index (χ4n) is 2.53. The molecule has 0 saturated carbocycles. The number of β-amino-alcohol motifs (C(OH)–C–C–N with tert-alkyl or cyclic N) is 1. The second kappa shape index (κ2) is 6.13. The molecule has 0 amide bonds. The van der Waals surface area contributed by atoms with Gasteiger partial charge in [0.2, 0.25) is 0 Å². The van der Waals surface area contributed by atoms with Crippen molar-refractivity contribution < 1.29 is 24.1 Å². The molecule has 2 rings (SSSR count). The number of piperidine rings is 1. The van der Waals surface area contributed by atoms with Crippen molar-refractivity contribution in [1.29, 1.82) is 0 Å².